The van der Waals surface area contributed by atoms with E-state index in [1.165, 1.54) is 6.07 Å². The Labute approximate surface area is 85.4 Å². The normalized spacial score (nSPS) is 8.17. The predicted octanol–water partition coefficient (Wildman–Crippen LogP) is 2.66. The van der Waals surface area contributed by atoms with E-state index >= 15 is 0 Å². The lowest BCUT2D eigenvalue weighted by atomic mass is 10.2. The van der Waals surface area contributed by atoms with Crippen LogP contribution in [0.4, 0.5) is 5.69 Å². The molecule has 1 aromatic carbocycles. The summed E-state index contributed by atoms with van der Waals surface area (Å²) >= 11 is 5.50. The number of aromatic carboxylic acids is 1. The van der Waals surface area contributed by atoms with Crippen molar-refractivity contribution in [2.24, 2.45) is 0 Å². The second kappa shape index (κ2) is 6.02. The third-order valence-electron chi connectivity index (χ3n) is 1.19. The summed E-state index contributed by atoms with van der Waals surface area (Å²) in [7, 11) is 0. The zero-order valence-corrected chi connectivity index (χ0v) is 9.17. The molecule has 0 fully saturated rings. The topological polar surface area (TPSA) is 63.3 Å². The quantitative estimate of drug-likeness (QED) is 0.783. The summed E-state index contributed by atoms with van der Waals surface area (Å²) < 4.78 is 0. The fourth-order valence-electron chi connectivity index (χ4n) is 0.692. The smallest absolute Gasteiger partial charge is 0.337 e. The molecule has 0 spiro atoms. The minimum absolute atomic E-state index is 0.155. The van der Waals surface area contributed by atoms with Crippen molar-refractivity contribution in [3.8, 4) is 0 Å². The van der Waals surface area contributed by atoms with Crippen LogP contribution >= 0.6 is 28.3 Å². The van der Waals surface area contributed by atoms with Gasteiger partial charge >= 0.3 is 5.97 Å². The molecule has 0 heterocycles. The van der Waals surface area contributed by atoms with Crippen LogP contribution in [0.3, 0.4) is 0 Å². The van der Waals surface area contributed by atoms with Crippen LogP contribution in [0.2, 0.25) is 0 Å². The fourth-order valence-corrected chi connectivity index (χ4v) is 0.692. The summed E-state index contributed by atoms with van der Waals surface area (Å²) in [6.45, 7) is 0. The second-order valence-corrected chi connectivity index (χ2v) is 1.89. The third-order valence-corrected chi connectivity index (χ3v) is 1.19. The van der Waals surface area contributed by atoms with Crippen LogP contribution in [-0.4, -0.2) is 11.1 Å². The van der Waals surface area contributed by atoms with Gasteiger partial charge in [0.1, 0.15) is 0 Å². The molecule has 66 valence electrons. The third kappa shape index (κ3) is 3.23. The van der Waals surface area contributed by atoms with Crippen molar-refractivity contribution < 1.29 is 9.90 Å². The highest BCUT2D eigenvalue weighted by Crippen LogP contribution is 2.08. The lowest BCUT2D eigenvalue weighted by Gasteiger charge is -1.96. The van der Waals surface area contributed by atoms with E-state index < -0.39 is 5.97 Å². The van der Waals surface area contributed by atoms with Gasteiger partial charge in [0.05, 0.1) is 5.56 Å². The molecule has 0 aliphatic rings. The van der Waals surface area contributed by atoms with Crippen LogP contribution in [0, 0.1) is 0 Å². The number of benzene rings is 1. The van der Waals surface area contributed by atoms with Gasteiger partial charge in [-0.3, -0.25) is 0 Å². The average Bonchev–Trinajstić information content (AvgIpc) is 2.08. The standard InChI is InChI=1S/C7H7NO2.Br2/c8-6-4-2-1-3-5(6)7(9)10;1-2/h1-4H,8H2,(H,9,10);. The first-order valence-corrected chi connectivity index (χ1v) is 6.65. The SMILES string of the molecule is BrBr.Nc1ccccc1C(=O)O. The van der Waals surface area contributed by atoms with Gasteiger partial charge in [0.2, 0.25) is 0 Å². The van der Waals surface area contributed by atoms with E-state index in [-0.39, 0.29) is 5.56 Å². The van der Waals surface area contributed by atoms with E-state index in [2.05, 4.69) is 28.3 Å². The zero-order valence-electron chi connectivity index (χ0n) is 6.00. The number of rotatable bonds is 1. The molecule has 3 N–H and O–H groups in total. The first-order valence-electron chi connectivity index (χ1n) is 2.94. The van der Waals surface area contributed by atoms with Crippen LogP contribution < -0.4 is 5.73 Å². The summed E-state index contributed by atoms with van der Waals surface area (Å²) in [5, 5.41) is 8.49. The Morgan fingerprint density at radius 2 is 1.83 bits per heavy atom. The number of nitrogens with two attached hydrogens (primary N) is 1. The Morgan fingerprint density at radius 1 is 1.33 bits per heavy atom. The predicted molar refractivity (Wildman–Crippen MR) is 55.7 cm³/mol. The average molecular weight is 297 g/mol. The van der Waals surface area contributed by atoms with Crippen molar-refractivity contribution in [2.45, 2.75) is 0 Å². The van der Waals surface area contributed by atoms with E-state index in [0.29, 0.717) is 5.69 Å². The first-order chi connectivity index (χ1) is 5.72. The maximum Gasteiger partial charge on any atom is 0.337 e. The number of anilines is 1. The van der Waals surface area contributed by atoms with Gasteiger partial charge in [-0.15, -0.1) is 0 Å². The van der Waals surface area contributed by atoms with E-state index in [4.69, 9.17) is 10.8 Å². The number of nitrogen functional groups attached to an aromatic ring is 1. The van der Waals surface area contributed by atoms with E-state index in [1.54, 1.807) is 18.2 Å². The number of carboxylic acid groups (broad SMARTS) is 1. The van der Waals surface area contributed by atoms with Crippen molar-refractivity contribution in [1.29, 1.82) is 0 Å². The Bertz CT molecular complexity index is 265. The Kier molecular flexibility index (Phi) is 5.74. The Morgan fingerprint density at radius 3 is 2.17 bits per heavy atom. The molecular weight excluding hydrogens is 290 g/mol. The lowest BCUT2D eigenvalue weighted by Crippen LogP contribution is -2.00. The van der Waals surface area contributed by atoms with Crippen LogP contribution in [0.1, 0.15) is 10.4 Å². The summed E-state index contributed by atoms with van der Waals surface area (Å²) in [6.07, 6.45) is 0. The van der Waals surface area contributed by atoms with Crippen LogP contribution in [0.5, 0.6) is 0 Å². The molecule has 0 atom stereocenters. The summed E-state index contributed by atoms with van der Waals surface area (Å²) in [4.78, 5) is 10.3. The molecule has 0 saturated carbocycles. The van der Waals surface area contributed by atoms with Gasteiger partial charge in [0.25, 0.3) is 0 Å². The molecule has 0 saturated heterocycles. The number of halogens is 2. The molecule has 5 heteroatoms. The van der Waals surface area contributed by atoms with Gasteiger partial charge in [-0.2, -0.15) is 0 Å². The van der Waals surface area contributed by atoms with Gasteiger partial charge < -0.3 is 10.8 Å². The molecule has 0 radical (unpaired) electrons. The number of hydrogen-bond acceptors (Lipinski definition) is 2. The molecule has 12 heavy (non-hydrogen) atoms. The van der Waals surface area contributed by atoms with E-state index in [0.717, 1.165) is 0 Å². The molecule has 0 amide bonds. The highest BCUT2D eigenvalue weighted by atomic mass is 80.9. The number of hydrogen-bond donors (Lipinski definition) is 2. The first kappa shape index (κ1) is 11.4. The summed E-state index contributed by atoms with van der Waals surface area (Å²) in [5.41, 5.74) is 5.80. The van der Waals surface area contributed by atoms with Gasteiger partial charge in [-0.1, -0.05) is 12.1 Å². The molecule has 0 aromatic heterocycles. The highest BCUT2D eigenvalue weighted by molar-refractivity contribution is 9.93. The molecule has 1 rings (SSSR count). The van der Waals surface area contributed by atoms with Gasteiger partial charge in [0.15, 0.2) is 0 Å². The molecular formula is C7H7Br2NO2. The summed E-state index contributed by atoms with van der Waals surface area (Å²) in [5.74, 6) is -0.988. The zero-order chi connectivity index (χ0) is 9.56. The van der Waals surface area contributed by atoms with Crippen molar-refractivity contribution in [3.05, 3.63) is 29.8 Å². The molecule has 0 aliphatic heterocycles. The Balaban J connectivity index is 0.000000561. The van der Waals surface area contributed by atoms with E-state index in [1.807, 2.05) is 0 Å². The largest absolute Gasteiger partial charge is 0.478 e. The van der Waals surface area contributed by atoms with Gasteiger partial charge in [-0.25, -0.2) is 4.79 Å². The fraction of sp³-hybridized carbons (Fsp3) is 0. The maximum absolute atomic E-state index is 10.3. The van der Waals surface area contributed by atoms with Crippen molar-refractivity contribution in [3.63, 3.8) is 0 Å². The maximum atomic E-state index is 10.3. The summed E-state index contributed by atoms with van der Waals surface area (Å²) in [6, 6.07) is 6.36. The minimum Gasteiger partial charge on any atom is -0.478 e. The molecule has 0 aliphatic carbocycles. The van der Waals surface area contributed by atoms with Crippen LogP contribution in [-0.2, 0) is 0 Å². The van der Waals surface area contributed by atoms with Crippen molar-refractivity contribution >= 4 is 39.9 Å². The number of carbonyl (C=O) groups is 1. The number of para-hydroxylation sites is 1. The molecule has 1 aromatic rings. The molecule has 0 bridgehead atoms. The molecule has 3 nitrogen and oxygen atoms in total. The van der Waals surface area contributed by atoms with E-state index in [9.17, 15) is 4.79 Å². The minimum atomic E-state index is -0.988. The monoisotopic (exact) mass is 295 g/mol. The number of carboxylic acids is 1. The molecule has 0 unspecified atom stereocenters. The van der Waals surface area contributed by atoms with Crippen molar-refractivity contribution in [2.75, 3.05) is 5.73 Å². The van der Waals surface area contributed by atoms with Gasteiger partial charge in [-0.05, 0) is 12.1 Å². The van der Waals surface area contributed by atoms with Crippen molar-refractivity contribution in [1.82, 2.24) is 0 Å². The second-order valence-electron chi connectivity index (χ2n) is 1.89. The Hall–Kier alpha value is -0.550. The highest BCUT2D eigenvalue weighted by Gasteiger charge is 2.03. The van der Waals surface area contributed by atoms with Gasteiger partial charge in [0, 0.05) is 33.9 Å². The van der Waals surface area contributed by atoms with Crippen LogP contribution in [0.25, 0.3) is 0 Å². The van der Waals surface area contributed by atoms with Crippen LogP contribution in [0.15, 0.2) is 24.3 Å². The lowest BCUT2D eigenvalue weighted by molar-refractivity contribution is 0.0698.